The van der Waals surface area contributed by atoms with Gasteiger partial charge in [0.1, 0.15) is 48.8 Å². The normalized spacial score (nSPS) is 22.4. The van der Waals surface area contributed by atoms with Crippen molar-refractivity contribution in [2.75, 3.05) is 18.5 Å². The molecule has 0 fully saturated rings. The number of nitrogens with two attached hydrogens (primary N) is 1. The highest BCUT2D eigenvalue weighted by Gasteiger charge is 2.35. The van der Waals surface area contributed by atoms with E-state index in [4.69, 9.17) is 5.73 Å². The summed E-state index contributed by atoms with van der Waals surface area (Å²) in [5.74, 6) is -16.1. The quantitative estimate of drug-likeness (QED) is 0.0706. The van der Waals surface area contributed by atoms with Crippen molar-refractivity contribution in [3.05, 3.63) is 47.8 Å². The monoisotopic (exact) mass is 1040 g/mol. The molecule has 0 saturated heterocycles. The van der Waals surface area contributed by atoms with Crippen molar-refractivity contribution < 1.29 is 82.8 Å². The van der Waals surface area contributed by atoms with Gasteiger partial charge in [-0.1, -0.05) is 44.2 Å². The number of aromatic nitrogens is 3. The van der Waals surface area contributed by atoms with Crippen LogP contribution in [0.5, 0.6) is 0 Å². The number of amides is 9. The minimum absolute atomic E-state index is 0.0124. The molecule has 2 bridgehead atoms. The Kier molecular flexibility index (Phi) is 23.8. The van der Waals surface area contributed by atoms with E-state index in [1.807, 2.05) is 0 Å². The summed E-state index contributed by atoms with van der Waals surface area (Å²) in [6, 6.07) is -3.10. The van der Waals surface area contributed by atoms with Crippen LogP contribution in [0.1, 0.15) is 82.9 Å². The zero-order chi connectivity index (χ0) is 55.1. The maximum Gasteiger partial charge on any atom is 0.305 e. The predicted octanol–water partition coefficient (Wildman–Crippen LogP) is -4.88. The third-order valence-corrected chi connectivity index (χ3v) is 10.9. The number of fused-ring (bicyclic) bond motifs is 2. The lowest BCUT2D eigenvalue weighted by molar-refractivity contribution is -0.142. The zero-order valence-corrected chi connectivity index (χ0v) is 40.3. The van der Waals surface area contributed by atoms with Gasteiger partial charge in [0, 0.05) is 25.7 Å². The molecular weight excluding hydrogens is 983 g/mol. The molecule has 2 aromatic rings. The predicted molar refractivity (Wildman–Crippen MR) is 251 cm³/mol. The maximum atomic E-state index is 13.9. The van der Waals surface area contributed by atoms with Crippen LogP contribution in [0.15, 0.2) is 36.5 Å². The van der Waals surface area contributed by atoms with Gasteiger partial charge < -0.3 is 68.7 Å². The average Bonchev–Trinajstić information content (AvgIpc) is 3.78. The molecule has 0 spiro atoms. The first kappa shape index (κ1) is 59.6. The molecule has 30 nitrogen and oxygen atoms in total. The summed E-state index contributed by atoms with van der Waals surface area (Å²) in [6.45, 7) is 1.82. The van der Waals surface area contributed by atoms with Crippen LogP contribution in [0.4, 0.5) is 0 Å². The van der Waals surface area contributed by atoms with Crippen molar-refractivity contribution in [2.24, 2.45) is 11.7 Å². The highest BCUT2D eigenvalue weighted by atomic mass is 16.4. The van der Waals surface area contributed by atoms with E-state index in [1.54, 1.807) is 44.2 Å². The van der Waals surface area contributed by atoms with Gasteiger partial charge in [0.15, 0.2) is 0 Å². The van der Waals surface area contributed by atoms with Crippen LogP contribution in [0.3, 0.4) is 0 Å². The number of carboxylic acids is 4. The number of hydrogen-bond acceptors (Lipinski definition) is 16. The van der Waals surface area contributed by atoms with Gasteiger partial charge in [0.25, 0.3) is 0 Å². The van der Waals surface area contributed by atoms with Crippen LogP contribution in [0, 0.1) is 5.92 Å². The van der Waals surface area contributed by atoms with E-state index in [0.29, 0.717) is 5.56 Å². The standard InChI is InChI=1S/C44H61N13O17/c1-22(2)16-30-43(73)51-28(12-15-36(64)65)42(72)53-29(38(45)68)17-24-21-57(56-55-24)47-20-33(59)48-26(9-8-23-6-4-3-5-7-23)40(70)54-31(18-37(66)67)44(74)52-27(11-14-35(62)63)41(71)50-25(10-13-34(60)61)39(69)46-19-32(58)49-30/h3-7,21-22,25-31,47H,8-20H2,1-2H3,(H2,45,68)(H,46,69)(H,48,59)(H,49,58)(H,50,71)(H,51,73)(H,52,74)(H,53,72)(H,54,70)(H,60,61)(H,62,63)(H,64,65)(H,66,67)/t25-,26-,27-,28-,29-,30-,31-/m0/s1. The molecule has 0 aliphatic carbocycles. The van der Waals surface area contributed by atoms with Crippen molar-refractivity contribution in [3.63, 3.8) is 0 Å². The molecule has 1 aliphatic heterocycles. The Morgan fingerprint density at radius 1 is 0.595 bits per heavy atom. The van der Waals surface area contributed by atoms with E-state index in [1.165, 1.54) is 6.20 Å². The molecule has 30 heteroatoms. The second kappa shape index (κ2) is 29.6. The molecule has 1 aromatic heterocycles. The molecule has 1 aliphatic rings. The molecule has 0 unspecified atom stereocenters. The minimum atomic E-state index is -1.97. The van der Waals surface area contributed by atoms with Crippen LogP contribution in [0.2, 0.25) is 0 Å². The van der Waals surface area contributed by atoms with Gasteiger partial charge in [-0.15, -0.1) is 5.10 Å². The third-order valence-electron chi connectivity index (χ3n) is 10.9. The van der Waals surface area contributed by atoms with Crippen molar-refractivity contribution in [3.8, 4) is 0 Å². The zero-order valence-electron chi connectivity index (χ0n) is 40.3. The number of nitrogens with one attached hydrogen (secondary N) is 9. The Labute approximate surface area is 421 Å². The number of carboxylic acid groups (broad SMARTS) is 4. The topological polar surface area (TPSA) is 468 Å². The Morgan fingerprint density at radius 3 is 1.57 bits per heavy atom. The van der Waals surface area contributed by atoms with Gasteiger partial charge in [-0.3, -0.25) is 67.8 Å². The van der Waals surface area contributed by atoms with Crippen LogP contribution < -0.4 is 53.7 Å². The molecule has 2 heterocycles. The average molecular weight is 1040 g/mol. The first-order valence-corrected chi connectivity index (χ1v) is 23.1. The summed E-state index contributed by atoms with van der Waals surface area (Å²) >= 11 is 0. The fourth-order valence-electron chi connectivity index (χ4n) is 7.12. The second-order valence-electron chi connectivity index (χ2n) is 17.4. The van der Waals surface area contributed by atoms with Crippen LogP contribution in [-0.4, -0.2) is 168 Å². The molecule has 404 valence electrons. The number of aryl methyl sites for hydroxylation is 1. The van der Waals surface area contributed by atoms with Crippen LogP contribution in [0.25, 0.3) is 0 Å². The largest absolute Gasteiger partial charge is 0.481 e. The van der Waals surface area contributed by atoms with Crippen LogP contribution in [-0.2, 0) is 75.2 Å². The van der Waals surface area contributed by atoms with Gasteiger partial charge >= 0.3 is 23.9 Å². The van der Waals surface area contributed by atoms with E-state index >= 15 is 0 Å². The highest BCUT2D eigenvalue weighted by Crippen LogP contribution is 2.11. The molecular formula is C44H61N13O17. The van der Waals surface area contributed by atoms with E-state index in [0.717, 1.165) is 4.79 Å². The maximum absolute atomic E-state index is 13.9. The summed E-state index contributed by atoms with van der Waals surface area (Å²) in [7, 11) is 0. The number of carbonyl (C=O) groups excluding carboxylic acids is 9. The van der Waals surface area contributed by atoms with Crippen LogP contribution >= 0.6 is 0 Å². The number of benzene rings is 1. The van der Waals surface area contributed by atoms with Gasteiger partial charge in [0.2, 0.25) is 53.2 Å². The summed E-state index contributed by atoms with van der Waals surface area (Å²) in [5.41, 5.74) is 8.91. The lowest BCUT2D eigenvalue weighted by atomic mass is 10.0. The van der Waals surface area contributed by atoms with Crippen molar-refractivity contribution in [1.82, 2.24) is 57.6 Å². The Morgan fingerprint density at radius 2 is 1.05 bits per heavy atom. The van der Waals surface area contributed by atoms with Crippen molar-refractivity contribution >= 4 is 77.0 Å². The SMILES string of the molecule is CC(C)C[C@@H]1NC(=O)CNC(=O)[C@H](CCC(=O)O)NC(=O)[C@H](CCC(=O)O)NC(=O)[C@H](CC(=O)O)NC(=O)[C@H](CCc2ccccc2)NC(=O)CNn2cc(nn2)C[C@@H](C(N)=O)NC(=O)[C@H](CCC(=O)O)NC1=O. The molecule has 3 rings (SSSR count). The highest BCUT2D eigenvalue weighted by molar-refractivity contribution is 5.98. The molecule has 1 aromatic carbocycles. The fourth-order valence-corrected chi connectivity index (χ4v) is 7.12. The number of primary amides is 1. The van der Waals surface area contributed by atoms with Gasteiger partial charge in [-0.05, 0) is 55.2 Å². The summed E-state index contributed by atoms with van der Waals surface area (Å²) in [5, 5.41) is 64.2. The number of nitrogens with zero attached hydrogens (tertiary/aromatic N) is 3. The minimum Gasteiger partial charge on any atom is -0.481 e. The lowest BCUT2D eigenvalue weighted by Gasteiger charge is -2.26. The van der Waals surface area contributed by atoms with Gasteiger partial charge in [-0.25, -0.2) is 0 Å². The summed E-state index contributed by atoms with van der Waals surface area (Å²) in [4.78, 5) is 169. The summed E-state index contributed by atoms with van der Waals surface area (Å²) < 4.78 is 0. The van der Waals surface area contributed by atoms with Crippen molar-refractivity contribution in [1.29, 1.82) is 0 Å². The Bertz CT molecular complexity index is 2380. The van der Waals surface area contributed by atoms with Crippen molar-refractivity contribution in [2.45, 2.75) is 127 Å². The number of carbonyl (C=O) groups is 13. The molecule has 0 radical (unpaired) electrons. The second-order valence-corrected chi connectivity index (χ2v) is 17.4. The number of hydrogen-bond donors (Lipinski definition) is 14. The van der Waals surface area contributed by atoms with E-state index in [9.17, 15) is 82.8 Å². The Balaban J connectivity index is 2.08. The molecule has 9 amide bonds. The van der Waals surface area contributed by atoms with Gasteiger partial charge in [-0.2, -0.15) is 4.79 Å². The van der Waals surface area contributed by atoms with E-state index in [-0.39, 0.29) is 30.9 Å². The fraction of sp³-hybridized carbons (Fsp3) is 0.523. The smallest absolute Gasteiger partial charge is 0.305 e. The van der Waals surface area contributed by atoms with Gasteiger partial charge in [0.05, 0.1) is 24.9 Å². The molecule has 15 N–H and O–H groups in total. The lowest BCUT2D eigenvalue weighted by Crippen LogP contribution is -2.59. The first-order chi connectivity index (χ1) is 34.9. The molecule has 7 atom stereocenters. The van der Waals surface area contributed by atoms with E-state index < -0.39 is 184 Å². The molecule has 0 saturated carbocycles. The summed E-state index contributed by atoms with van der Waals surface area (Å²) in [6.07, 6.45) is -4.39. The van der Waals surface area contributed by atoms with E-state index in [2.05, 4.69) is 58.3 Å². The third kappa shape index (κ3) is 21.7. The number of aliphatic carboxylic acids is 4. The number of rotatable bonds is 17. The first-order valence-electron chi connectivity index (χ1n) is 23.1. The molecule has 74 heavy (non-hydrogen) atoms. The Hall–Kier alpha value is -8.73.